The van der Waals surface area contributed by atoms with Gasteiger partial charge in [0, 0.05) is 18.8 Å². The summed E-state index contributed by atoms with van der Waals surface area (Å²) >= 11 is 0. The maximum absolute atomic E-state index is 13.1. The number of nitrogens with one attached hydrogen (secondary N) is 1. The van der Waals surface area contributed by atoms with E-state index in [4.69, 9.17) is 10.5 Å². The Labute approximate surface area is 198 Å². The molecule has 1 aliphatic rings. The molecular weight excluding hydrogens is 456 g/mol. The summed E-state index contributed by atoms with van der Waals surface area (Å²) in [7, 11) is -3.69. The Balaban J connectivity index is 1.48. The molecule has 3 aromatic rings. The van der Waals surface area contributed by atoms with Gasteiger partial charge in [-0.1, -0.05) is 30.7 Å². The molecule has 178 valence electrons. The fourth-order valence-electron chi connectivity index (χ4n) is 3.67. The number of hydrogen-bond acceptors (Lipinski definition) is 9. The van der Waals surface area contributed by atoms with Gasteiger partial charge in [0.1, 0.15) is 0 Å². The number of sulfonamides is 1. The highest BCUT2D eigenvalue weighted by Crippen LogP contribution is 2.25. The molecule has 0 spiro atoms. The van der Waals surface area contributed by atoms with Gasteiger partial charge in [0.05, 0.1) is 10.5 Å². The van der Waals surface area contributed by atoms with Crippen molar-refractivity contribution in [1.29, 1.82) is 0 Å². The van der Waals surface area contributed by atoms with Gasteiger partial charge in [0.25, 0.3) is 0 Å². The Morgan fingerprint density at radius 3 is 2.53 bits per heavy atom. The minimum absolute atomic E-state index is 0.0234. The number of nitrogen functional groups attached to an aromatic ring is 1. The lowest BCUT2D eigenvalue weighted by Crippen LogP contribution is -2.36. The van der Waals surface area contributed by atoms with Crippen LogP contribution in [0.5, 0.6) is 0 Å². The van der Waals surface area contributed by atoms with Gasteiger partial charge in [-0.15, -0.1) is 0 Å². The van der Waals surface area contributed by atoms with Crippen molar-refractivity contribution < 1.29 is 17.9 Å². The molecule has 2 heterocycles. The molecule has 0 atom stereocenters. The Kier molecular flexibility index (Phi) is 7.03. The zero-order chi connectivity index (χ0) is 24.1. The maximum Gasteiger partial charge on any atom is 0.338 e. The standard InChI is InChI=1S/C23H26N6O4S/c1-16-10-11-17(14-19(16)34(31,32)29-12-6-3-7-13-29)21(30)33-15-20-26-22(24)28-23(27-20)25-18-8-4-2-5-9-18/h2,4-5,8-11,14H,3,6-7,12-13,15H2,1H3,(H3,24,25,26,27,28). The molecule has 1 aliphatic heterocycles. The van der Waals surface area contributed by atoms with Crippen molar-refractivity contribution in [2.75, 3.05) is 24.1 Å². The van der Waals surface area contributed by atoms with Gasteiger partial charge in [-0.3, -0.25) is 0 Å². The van der Waals surface area contributed by atoms with Crippen LogP contribution in [-0.2, 0) is 21.4 Å². The van der Waals surface area contributed by atoms with E-state index in [9.17, 15) is 13.2 Å². The van der Waals surface area contributed by atoms with E-state index in [1.54, 1.807) is 13.0 Å². The van der Waals surface area contributed by atoms with Gasteiger partial charge in [0.2, 0.25) is 21.9 Å². The van der Waals surface area contributed by atoms with Gasteiger partial charge >= 0.3 is 5.97 Å². The molecule has 1 aromatic heterocycles. The number of aryl methyl sites for hydroxylation is 1. The van der Waals surface area contributed by atoms with E-state index in [1.807, 2.05) is 30.3 Å². The first-order valence-corrected chi connectivity index (χ1v) is 12.4. The predicted octanol–water partition coefficient (Wildman–Crippen LogP) is 3.04. The zero-order valence-electron chi connectivity index (χ0n) is 18.8. The van der Waals surface area contributed by atoms with Crippen LogP contribution in [0.4, 0.5) is 17.6 Å². The largest absolute Gasteiger partial charge is 0.454 e. The Morgan fingerprint density at radius 1 is 1.06 bits per heavy atom. The molecule has 4 rings (SSSR count). The van der Waals surface area contributed by atoms with Crippen molar-refractivity contribution in [3.05, 3.63) is 65.5 Å². The first-order valence-electron chi connectivity index (χ1n) is 10.9. The van der Waals surface area contributed by atoms with Gasteiger partial charge < -0.3 is 15.8 Å². The predicted molar refractivity (Wildman–Crippen MR) is 127 cm³/mol. The molecule has 0 bridgehead atoms. The smallest absolute Gasteiger partial charge is 0.338 e. The summed E-state index contributed by atoms with van der Waals surface area (Å²) in [5, 5.41) is 3.01. The van der Waals surface area contributed by atoms with Crippen LogP contribution in [0, 0.1) is 6.92 Å². The minimum Gasteiger partial charge on any atom is -0.454 e. The Hall–Kier alpha value is -3.57. The Morgan fingerprint density at radius 2 is 1.79 bits per heavy atom. The molecular formula is C23H26N6O4S. The second-order valence-electron chi connectivity index (χ2n) is 7.95. The van der Waals surface area contributed by atoms with E-state index in [2.05, 4.69) is 20.3 Å². The van der Waals surface area contributed by atoms with Crippen molar-refractivity contribution in [3.8, 4) is 0 Å². The van der Waals surface area contributed by atoms with Crippen molar-refractivity contribution in [3.63, 3.8) is 0 Å². The molecule has 1 saturated heterocycles. The van der Waals surface area contributed by atoms with Crippen LogP contribution < -0.4 is 11.1 Å². The van der Waals surface area contributed by atoms with E-state index in [0.29, 0.717) is 18.7 Å². The lowest BCUT2D eigenvalue weighted by Gasteiger charge is -2.26. The number of piperidine rings is 1. The van der Waals surface area contributed by atoms with Gasteiger partial charge in [-0.2, -0.15) is 19.3 Å². The number of para-hydroxylation sites is 1. The third-order valence-corrected chi connectivity index (χ3v) is 7.46. The number of nitrogens with two attached hydrogens (primary N) is 1. The van der Waals surface area contributed by atoms with Crippen LogP contribution in [0.25, 0.3) is 0 Å². The highest BCUT2D eigenvalue weighted by molar-refractivity contribution is 7.89. The van der Waals surface area contributed by atoms with Crippen LogP contribution in [-0.4, -0.2) is 46.7 Å². The number of carbonyl (C=O) groups excluding carboxylic acids is 1. The summed E-state index contributed by atoms with van der Waals surface area (Å²) in [6, 6.07) is 13.8. The third-order valence-electron chi connectivity index (χ3n) is 5.42. The number of esters is 1. The van der Waals surface area contributed by atoms with Crippen LogP contribution in [0.3, 0.4) is 0 Å². The van der Waals surface area contributed by atoms with Crippen molar-refractivity contribution >= 4 is 33.6 Å². The number of benzene rings is 2. The van der Waals surface area contributed by atoms with E-state index in [-0.39, 0.29) is 34.8 Å². The monoisotopic (exact) mass is 482 g/mol. The highest BCUT2D eigenvalue weighted by Gasteiger charge is 2.28. The fraction of sp³-hybridized carbons (Fsp3) is 0.304. The number of ether oxygens (including phenoxy) is 1. The molecule has 2 aromatic carbocycles. The second-order valence-corrected chi connectivity index (χ2v) is 9.85. The highest BCUT2D eigenvalue weighted by atomic mass is 32.2. The van der Waals surface area contributed by atoms with Crippen LogP contribution >= 0.6 is 0 Å². The third kappa shape index (κ3) is 5.49. The van der Waals surface area contributed by atoms with E-state index >= 15 is 0 Å². The number of hydrogen-bond donors (Lipinski definition) is 2. The number of anilines is 3. The molecule has 0 radical (unpaired) electrons. The summed E-state index contributed by atoms with van der Waals surface area (Å²) in [4.78, 5) is 25.1. The number of nitrogens with zero attached hydrogens (tertiary/aromatic N) is 4. The fourth-order valence-corrected chi connectivity index (χ4v) is 5.44. The quantitative estimate of drug-likeness (QED) is 0.486. The molecule has 3 N–H and O–H groups in total. The molecule has 34 heavy (non-hydrogen) atoms. The van der Waals surface area contributed by atoms with Crippen molar-refractivity contribution in [1.82, 2.24) is 19.3 Å². The molecule has 0 unspecified atom stereocenters. The SMILES string of the molecule is Cc1ccc(C(=O)OCc2nc(N)nc(Nc3ccccc3)n2)cc1S(=O)(=O)N1CCCCC1. The van der Waals surface area contributed by atoms with E-state index in [0.717, 1.165) is 24.9 Å². The lowest BCUT2D eigenvalue weighted by atomic mass is 10.1. The molecule has 10 nitrogen and oxygen atoms in total. The minimum atomic E-state index is -3.69. The summed E-state index contributed by atoms with van der Waals surface area (Å²) in [5.74, 6) is -0.334. The first kappa shape index (κ1) is 23.6. The summed E-state index contributed by atoms with van der Waals surface area (Å²) in [6.07, 6.45) is 2.67. The normalized spacial score (nSPS) is 14.5. The average Bonchev–Trinajstić information content (AvgIpc) is 2.83. The number of rotatable bonds is 7. The summed E-state index contributed by atoms with van der Waals surface area (Å²) in [6.45, 7) is 2.42. The lowest BCUT2D eigenvalue weighted by molar-refractivity contribution is 0.0462. The molecule has 0 aliphatic carbocycles. The molecule has 0 amide bonds. The second kappa shape index (κ2) is 10.1. The Bertz CT molecular complexity index is 1280. The maximum atomic E-state index is 13.1. The van der Waals surface area contributed by atoms with E-state index in [1.165, 1.54) is 16.4 Å². The van der Waals surface area contributed by atoms with E-state index < -0.39 is 16.0 Å². The molecule has 11 heteroatoms. The van der Waals surface area contributed by atoms with Gasteiger partial charge in [-0.25, -0.2) is 13.2 Å². The van der Waals surface area contributed by atoms with Gasteiger partial charge in [0.15, 0.2) is 12.4 Å². The molecule has 0 saturated carbocycles. The average molecular weight is 483 g/mol. The molecule has 1 fully saturated rings. The van der Waals surface area contributed by atoms with Crippen LogP contribution in [0.1, 0.15) is 41.0 Å². The van der Waals surface area contributed by atoms with Crippen LogP contribution in [0.15, 0.2) is 53.4 Å². The summed E-state index contributed by atoms with van der Waals surface area (Å²) < 4.78 is 33.0. The van der Waals surface area contributed by atoms with Gasteiger partial charge in [-0.05, 0) is 49.6 Å². The summed E-state index contributed by atoms with van der Waals surface area (Å²) in [5.41, 5.74) is 7.24. The zero-order valence-corrected chi connectivity index (χ0v) is 19.6. The van der Waals surface area contributed by atoms with Crippen LogP contribution in [0.2, 0.25) is 0 Å². The number of carbonyl (C=O) groups is 1. The number of aromatic nitrogens is 3. The van der Waals surface area contributed by atoms with Crippen molar-refractivity contribution in [2.24, 2.45) is 0 Å². The van der Waals surface area contributed by atoms with Crippen molar-refractivity contribution in [2.45, 2.75) is 37.7 Å². The first-order chi connectivity index (χ1) is 16.3. The topological polar surface area (TPSA) is 140 Å².